The summed E-state index contributed by atoms with van der Waals surface area (Å²) in [5.41, 5.74) is 1.86. The molecule has 2 aromatic carbocycles. The van der Waals surface area contributed by atoms with Crippen molar-refractivity contribution in [1.82, 2.24) is 4.90 Å². The van der Waals surface area contributed by atoms with Gasteiger partial charge in [0.05, 0.1) is 5.92 Å². The molecule has 3 rings (SSSR count). The minimum Gasteiger partial charge on any atom is -0.325 e. The maximum Gasteiger partial charge on any atom is 0.229 e. The molecule has 0 bridgehead atoms. The average Bonchev–Trinajstić information content (AvgIpc) is 2.94. The van der Waals surface area contributed by atoms with Crippen LogP contribution >= 0.6 is 0 Å². The lowest BCUT2D eigenvalue weighted by Gasteiger charge is -2.19. The monoisotopic (exact) mass is 330 g/mol. The molecule has 126 valence electrons. The summed E-state index contributed by atoms with van der Waals surface area (Å²) in [6, 6.07) is 10.9. The van der Waals surface area contributed by atoms with Gasteiger partial charge < -0.3 is 10.2 Å². The molecule has 1 aliphatic rings. The predicted octanol–water partition coefficient (Wildman–Crippen LogP) is 3.56. The highest BCUT2D eigenvalue weighted by atomic mass is 19.1. The van der Waals surface area contributed by atoms with E-state index in [1.165, 1.54) is 18.2 Å². The Morgan fingerprint density at radius 1 is 1.12 bits per heavy atom. The number of nitrogens with one attached hydrogen (secondary N) is 1. The number of rotatable bonds is 3. The molecule has 5 heteroatoms. The van der Waals surface area contributed by atoms with Crippen molar-refractivity contribution in [3.05, 3.63) is 65.2 Å². The van der Waals surface area contributed by atoms with Gasteiger partial charge in [-0.3, -0.25) is 4.79 Å². The summed E-state index contributed by atoms with van der Waals surface area (Å²) in [5, 5.41) is 2.84. The first-order valence-corrected chi connectivity index (χ1v) is 7.95. The van der Waals surface area contributed by atoms with E-state index in [1.54, 1.807) is 31.2 Å². The number of halogens is 2. The number of carbonyl (C=O) groups excluding carboxylic acids is 1. The Morgan fingerprint density at radius 3 is 2.54 bits per heavy atom. The molecule has 2 atom stereocenters. The van der Waals surface area contributed by atoms with Crippen molar-refractivity contribution < 1.29 is 13.6 Å². The molecule has 1 N–H and O–H groups in total. The number of nitrogens with zero attached hydrogens (tertiary/aromatic N) is 1. The number of benzene rings is 2. The van der Waals surface area contributed by atoms with E-state index in [2.05, 4.69) is 10.2 Å². The fourth-order valence-electron chi connectivity index (χ4n) is 3.28. The fourth-order valence-corrected chi connectivity index (χ4v) is 3.28. The van der Waals surface area contributed by atoms with E-state index in [4.69, 9.17) is 0 Å². The Bertz CT molecular complexity index is 746. The van der Waals surface area contributed by atoms with Crippen LogP contribution in [0.15, 0.2) is 42.5 Å². The maximum atomic E-state index is 13.7. The molecule has 0 spiro atoms. The van der Waals surface area contributed by atoms with E-state index in [0.717, 1.165) is 12.1 Å². The predicted molar refractivity (Wildman–Crippen MR) is 89.9 cm³/mol. The van der Waals surface area contributed by atoms with E-state index < -0.39 is 0 Å². The Labute approximate surface area is 140 Å². The van der Waals surface area contributed by atoms with Gasteiger partial charge in [-0.15, -0.1) is 0 Å². The van der Waals surface area contributed by atoms with Gasteiger partial charge in [-0.1, -0.05) is 18.2 Å². The Hall–Kier alpha value is -2.27. The van der Waals surface area contributed by atoms with Crippen molar-refractivity contribution in [2.45, 2.75) is 12.8 Å². The largest absolute Gasteiger partial charge is 0.325 e. The number of hydrogen-bond acceptors (Lipinski definition) is 2. The molecular weight excluding hydrogens is 310 g/mol. The molecule has 1 fully saturated rings. The summed E-state index contributed by atoms with van der Waals surface area (Å²) in [7, 11) is 1.96. The van der Waals surface area contributed by atoms with Gasteiger partial charge in [0.15, 0.2) is 0 Å². The van der Waals surface area contributed by atoms with Crippen LogP contribution in [0, 0.1) is 24.5 Å². The average molecular weight is 330 g/mol. The lowest BCUT2D eigenvalue weighted by atomic mass is 9.88. The molecule has 1 amide bonds. The summed E-state index contributed by atoms with van der Waals surface area (Å²) in [5.74, 6) is -1.04. The van der Waals surface area contributed by atoms with Gasteiger partial charge in [-0.25, -0.2) is 8.78 Å². The number of anilines is 1. The van der Waals surface area contributed by atoms with Crippen molar-refractivity contribution in [1.29, 1.82) is 0 Å². The molecule has 0 aliphatic carbocycles. The second-order valence-electron chi connectivity index (χ2n) is 6.39. The van der Waals surface area contributed by atoms with E-state index in [9.17, 15) is 13.6 Å². The van der Waals surface area contributed by atoms with Crippen molar-refractivity contribution in [2.75, 3.05) is 25.5 Å². The van der Waals surface area contributed by atoms with Crippen LogP contribution in [0.2, 0.25) is 0 Å². The van der Waals surface area contributed by atoms with E-state index in [-0.39, 0.29) is 29.4 Å². The minimum atomic E-state index is -0.341. The van der Waals surface area contributed by atoms with Crippen LogP contribution in [-0.4, -0.2) is 30.9 Å². The third kappa shape index (κ3) is 3.31. The summed E-state index contributed by atoms with van der Waals surface area (Å²) >= 11 is 0. The maximum absolute atomic E-state index is 13.7. The van der Waals surface area contributed by atoms with Crippen LogP contribution in [0.25, 0.3) is 0 Å². The molecular formula is C19H20F2N2O. The second-order valence-corrected chi connectivity index (χ2v) is 6.39. The number of likely N-dealkylation sites (tertiary alicyclic amines) is 1. The first kappa shape index (κ1) is 16.6. The van der Waals surface area contributed by atoms with Crippen LogP contribution in [-0.2, 0) is 4.79 Å². The van der Waals surface area contributed by atoms with Crippen LogP contribution in [0.5, 0.6) is 0 Å². The lowest BCUT2D eigenvalue weighted by molar-refractivity contribution is -0.119. The summed E-state index contributed by atoms with van der Waals surface area (Å²) < 4.78 is 26.8. The molecule has 0 unspecified atom stereocenters. The molecule has 3 nitrogen and oxygen atoms in total. The van der Waals surface area contributed by atoms with E-state index in [0.29, 0.717) is 17.8 Å². The van der Waals surface area contributed by atoms with Gasteiger partial charge in [-0.05, 0) is 43.8 Å². The Morgan fingerprint density at radius 2 is 1.83 bits per heavy atom. The van der Waals surface area contributed by atoms with Crippen molar-refractivity contribution in [3.8, 4) is 0 Å². The van der Waals surface area contributed by atoms with Gasteiger partial charge in [0.2, 0.25) is 5.91 Å². The number of amides is 1. The molecule has 1 aliphatic heterocycles. The van der Waals surface area contributed by atoms with Crippen LogP contribution in [0.4, 0.5) is 14.5 Å². The van der Waals surface area contributed by atoms with Crippen LogP contribution in [0.3, 0.4) is 0 Å². The SMILES string of the molecule is Cc1c(F)cccc1NC(=O)[C@H]1CN(C)C[C@@H]1c1ccc(F)cc1. The van der Waals surface area contributed by atoms with E-state index >= 15 is 0 Å². The second kappa shape index (κ2) is 6.69. The highest BCUT2D eigenvalue weighted by molar-refractivity contribution is 5.94. The number of likely N-dealkylation sites (N-methyl/N-ethyl adjacent to an activating group) is 1. The molecule has 1 saturated heterocycles. The standard InChI is InChI=1S/C19H20F2N2O/c1-12-17(21)4-3-5-18(12)22-19(24)16-11-23(2)10-15(16)13-6-8-14(20)9-7-13/h3-9,15-16H,10-11H2,1-2H3,(H,22,24)/t15-,16+/m1/s1. The third-order valence-corrected chi connectivity index (χ3v) is 4.66. The quantitative estimate of drug-likeness (QED) is 0.933. The first-order valence-electron chi connectivity index (χ1n) is 7.95. The van der Waals surface area contributed by atoms with Gasteiger partial charge >= 0.3 is 0 Å². The van der Waals surface area contributed by atoms with Gasteiger partial charge in [0, 0.05) is 30.3 Å². The number of carbonyl (C=O) groups is 1. The molecule has 0 aromatic heterocycles. The third-order valence-electron chi connectivity index (χ3n) is 4.66. The first-order chi connectivity index (χ1) is 11.5. The van der Waals surface area contributed by atoms with Gasteiger partial charge in [0.25, 0.3) is 0 Å². The molecule has 1 heterocycles. The molecule has 0 saturated carbocycles. The number of hydrogen-bond donors (Lipinski definition) is 1. The summed E-state index contributed by atoms with van der Waals surface area (Å²) in [6.07, 6.45) is 0. The highest BCUT2D eigenvalue weighted by Gasteiger charge is 2.37. The topological polar surface area (TPSA) is 32.3 Å². The molecule has 0 radical (unpaired) electrons. The zero-order valence-electron chi connectivity index (χ0n) is 13.7. The van der Waals surface area contributed by atoms with Crippen molar-refractivity contribution >= 4 is 11.6 Å². The Kier molecular flexibility index (Phi) is 4.62. The zero-order chi connectivity index (χ0) is 17.3. The van der Waals surface area contributed by atoms with Gasteiger partial charge in [0.1, 0.15) is 11.6 Å². The summed E-state index contributed by atoms with van der Waals surface area (Å²) in [6.45, 7) is 2.98. The van der Waals surface area contributed by atoms with Crippen LogP contribution in [0.1, 0.15) is 17.0 Å². The zero-order valence-corrected chi connectivity index (χ0v) is 13.7. The van der Waals surface area contributed by atoms with Crippen molar-refractivity contribution in [3.63, 3.8) is 0 Å². The van der Waals surface area contributed by atoms with E-state index in [1.807, 2.05) is 7.05 Å². The highest BCUT2D eigenvalue weighted by Crippen LogP contribution is 2.33. The van der Waals surface area contributed by atoms with Gasteiger partial charge in [-0.2, -0.15) is 0 Å². The summed E-state index contributed by atoms with van der Waals surface area (Å²) in [4.78, 5) is 14.8. The van der Waals surface area contributed by atoms with Crippen molar-refractivity contribution in [2.24, 2.45) is 5.92 Å². The van der Waals surface area contributed by atoms with Crippen LogP contribution < -0.4 is 5.32 Å². The molecule has 24 heavy (non-hydrogen) atoms. The lowest BCUT2D eigenvalue weighted by Crippen LogP contribution is -2.28. The minimum absolute atomic E-state index is 0.00975. The molecule has 2 aromatic rings. The Balaban J connectivity index is 1.82. The smallest absolute Gasteiger partial charge is 0.229 e. The normalized spacial score (nSPS) is 21.0. The fraction of sp³-hybridized carbons (Fsp3) is 0.316.